The van der Waals surface area contributed by atoms with Crippen LogP contribution in [0.25, 0.3) is 0 Å². The molecular formula is C36H56O12. The van der Waals surface area contributed by atoms with Gasteiger partial charge in [0.1, 0.15) is 37.1 Å². The van der Waals surface area contributed by atoms with Gasteiger partial charge in [0.25, 0.3) is 0 Å². The van der Waals surface area contributed by atoms with E-state index in [2.05, 4.69) is 13.8 Å². The van der Waals surface area contributed by atoms with E-state index in [-0.39, 0.29) is 34.7 Å². The lowest BCUT2D eigenvalue weighted by molar-refractivity contribution is -0.345. The highest BCUT2D eigenvalue weighted by atomic mass is 16.7. The maximum absolute atomic E-state index is 12.5. The van der Waals surface area contributed by atoms with Crippen molar-refractivity contribution in [2.75, 3.05) is 20.3 Å². The number of hydrogen-bond acceptors (Lipinski definition) is 12. The number of esters is 1. The van der Waals surface area contributed by atoms with Crippen molar-refractivity contribution in [1.82, 2.24) is 0 Å². The first-order valence-electron chi connectivity index (χ1n) is 18.2. The van der Waals surface area contributed by atoms with E-state index < -0.39 is 67.5 Å². The van der Waals surface area contributed by atoms with Gasteiger partial charge < -0.3 is 54.0 Å². The van der Waals surface area contributed by atoms with Gasteiger partial charge in [0.2, 0.25) is 0 Å². The highest BCUT2D eigenvalue weighted by Crippen LogP contribution is 2.70. The van der Waals surface area contributed by atoms with Crippen molar-refractivity contribution in [2.24, 2.45) is 34.5 Å². The third-order valence-corrected chi connectivity index (χ3v) is 14.3. The average Bonchev–Trinajstić information content (AvgIpc) is 3.61. The molecule has 0 radical (unpaired) electrons. The Bertz CT molecular complexity index is 1230. The fourth-order valence-corrected chi connectivity index (χ4v) is 11.6. The van der Waals surface area contributed by atoms with Crippen molar-refractivity contribution in [2.45, 2.75) is 152 Å². The molecular weight excluding hydrogens is 624 g/mol. The molecule has 0 spiro atoms. The lowest BCUT2D eigenvalue weighted by Crippen LogP contribution is -2.62. The number of ether oxygens (including phenoxy) is 6. The second-order valence-electron chi connectivity index (χ2n) is 16.4. The second kappa shape index (κ2) is 13.1. The summed E-state index contributed by atoms with van der Waals surface area (Å²) < 4.78 is 35.6. The first kappa shape index (κ1) is 35.2. The van der Waals surface area contributed by atoms with E-state index in [4.69, 9.17) is 28.4 Å². The first-order valence-corrected chi connectivity index (χ1v) is 18.2. The summed E-state index contributed by atoms with van der Waals surface area (Å²) in [6, 6.07) is 0. The molecule has 17 atom stereocenters. The molecule has 272 valence electrons. The van der Waals surface area contributed by atoms with Crippen LogP contribution in [0.15, 0.2) is 11.6 Å². The molecule has 12 nitrogen and oxygen atoms in total. The number of rotatable bonds is 7. The van der Waals surface area contributed by atoms with Crippen molar-refractivity contribution >= 4 is 5.97 Å². The standard InChI is InChI=1S/C36H56O12/c1-18-32(48-33-31(41)30(40)29(39)26(16-37)47-33)25(43-4)15-28(45-18)46-21-7-10-34(2)20(14-21)5-6-24-23(34)8-11-35(3)22(9-12-36(24,35)42)19-13-27(38)44-17-19/h13,18,20-26,28-33,37,39-42H,5-12,14-17H2,1-4H3/t18-,20?,21+,22-,23+,24-,25-,26-,28?,29-,30+,31-,32+,33-,34+,35-,36+/m1/s1. The zero-order chi connectivity index (χ0) is 34.2. The van der Waals surface area contributed by atoms with Crippen molar-refractivity contribution < 1.29 is 58.7 Å². The SMILES string of the molecule is CO[C@@H]1CC(O[C@H]2CC[C@@]3(C)C(CC[C@@H]4[C@@H]3CC[C@]3(C)[C@@H](C5=CC(=O)OC5)CC[C@]43O)C2)O[C@H](C)[C@@H]1O[C@H]1O[C@H](CO)[C@@H](O)[C@H](O)[C@H]1O. The second-order valence-corrected chi connectivity index (χ2v) is 16.4. The normalized spacial score (nSPS) is 53.8. The van der Waals surface area contributed by atoms with Gasteiger partial charge in [-0.15, -0.1) is 0 Å². The minimum Gasteiger partial charge on any atom is -0.458 e. The average molecular weight is 681 g/mol. The van der Waals surface area contributed by atoms with Crippen molar-refractivity contribution in [3.05, 3.63) is 11.6 Å². The van der Waals surface area contributed by atoms with Gasteiger partial charge in [-0.25, -0.2) is 4.79 Å². The molecule has 7 aliphatic rings. The van der Waals surface area contributed by atoms with Crippen LogP contribution in [-0.4, -0.2) is 119 Å². The smallest absolute Gasteiger partial charge is 0.331 e. The molecule has 3 heterocycles. The summed E-state index contributed by atoms with van der Waals surface area (Å²) in [5, 5.41) is 52.9. The molecule has 0 aromatic carbocycles. The number of carbonyl (C=O) groups excluding carboxylic acids is 1. The summed E-state index contributed by atoms with van der Waals surface area (Å²) in [6.45, 7) is 6.40. The van der Waals surface area contributed by atoms with Gasteiger partial charge in [0.15, 0.2) is 12.6 Å². The van der Waals surface area contributed by atoms with Gasteiger partial charge in [-0.3, -0.25) is 0 Å². The number of hydrogen-bond donors (Lipinski definition) is 5. The molecule has 0 aromatic heterocycles. The van der Waals surface area contributed by atoms with Crippen LogP contribution in [-0.2, 0) is 33.2 Å². The van der Waals surface area contributed by atoms with Gasteiger partial charge in [-0.1, -0.05) is 13.8 Å². The van der Waals surface area contributed by atoms with Crippen molar-refractivity contribution in [3.63, 3.8) is 0 Å². The molecule has 6 fully saturated rings. The summed E-state index contributed by atoms with van der Waals surface area (Å²) in [5.41, 5.74) is 0.221. The van der Waals surface area contributed by atoms with E-state index in [0.29, 0.717) is 24.9 Å². The van der Waals surface area contributed by atoms with Crippen LogP contribution in [0.2, 0.25) is 0 Å². The molecule has 0 bridgehead atoms. The molecule has 4 aliphatic carbocycles. The Morgan fingerprint density at radius 3 is 2.42 bits per heavy atom. The number of aliphatic hydroxyl groups excluding tert-OH is 4. The monoisotopic (exact) mass is 680 g/mol. The lowest BCUT2D eigenvalue weighted by atomic mass is 9.43. The van der Waals surface area contributed by atoms with E-state index in [1.165, 1.54) is 0 Å². The minimum absolute atomic E-state index is 0.0388. The van der Waals surface area contributed by atoms with Crippen LogP contribution in [0.1, 0.15) is 85.0 Å². The van der Waals surface area contributed by atoms with Gasteiger partial charge >= 0.3 is 5.97 Å². The molecule has 2 unspecified atom stereocenters. The Labute approximate surface area is 283 Å². The van der Waals surface area contributed by atoms with E-state index in [1.807, 2.05) is 6.92 Å². The molecule has 12 heteroatoms. The van der Waals surface area contributed by atoms with Gasteiger partial charge in [-0.2, -0.15) is 0 Å². The summed E-state index contributed by atoms with van der Waals surface area (Å²) in [6.07, 6.45) is 1.91. The molecule has 0 aromatic rings. The summed E-state index contributed by atoms with van der Waals surface area (Å²) in [5.74, 6) is 1.14. The molecule has 3 aliphatic heterocycles. The number of methoxy groups -OCH3 is 1. The highest BCUT2D eigenvalue weighted by molar-refractivity contribution is 5.85. The topological polar surface area (TPSA) is 174 Å². The minimum atomic E-state index is -1.53. The third-order valence-electron chi connectivity index (χ3n) is 14.3. The van der Waals surface area contributed by atoms with Crippen LogP contribution >= 0.6 is 0 Å². The fourth-order valence-electron chi connectivity index (χ4n) is 11.6. The molecule has 48 heavy (non-hydrogen) atoms. The van der Waals surface area contributed by atoms with E-state index >= 15 is 0 Å². The summed E-state index contributed by atoms with van der Waals surface area (Å²) >= 11 is 0. The van der Waals surface area contributed by atoms with Crippen molar-refractivity contribution in [3.8, 4) is 0 Å². The van der Waals surface area contributed by atoms with Crippen LogP contribution < -0.4 is 0 Å². The summed E-state index contributed by atoms with van der Waals surface area (Å²) in [4.78, 5) is 11.9. The van der Waals surface area contributed by atoms with E-state index in [0.717, 1.165) is 63.4 Å². The predicted molar refractivity (Wildman–Crippen MR) is 169 cm³/mol. The number of cyclic esters (lactones) is 1. The molecule has 4 saturated carbocycles. The highest BCUT2D eigenvalue weighted by Gasteiger charge is 2.67. The van der Waals surface area contributed by atoms with Crippen molar-refractivity contribution in [1.29, 1.82) is 0 Å². The predicted octanol–water partition coefficient (Wildman–Crippen LogP) is 1.96. The van der Waals surface area contributed by atoms with E-state index in [1.54, 1.807) is 13.2 Å². The number of fused-ring (bicyclic) bond motifs is 5. The molecule has 5 N–H and O–H groups in total. The maximum Gasteiger partial charge on any atom is 0.331 e. The van der Waals surface area contributed by atoms with Gasteiger partial charge in [-0.05, 0) is 99.4 Å². The Morgan fingerprint density at radius 1 is 0.917 bits per heavy atom. The Morgan fingerprint density at radius 2 is 1.71 bits per heavy atom. The van der Waals surface area contributed by atoms with E-state index in [9.17, 15) is 30.3 Å². The third kappa shape index (κ3) is 5.61. The van der Waals surface area contributed by atoms with Gasteiger partial charge in [0.05, 0.1) is 30.5 Å². The lowest BCUT2D eigenvalue weighted by Gasteiger charge is -2.64. The molecule has 2 saturated heterocycles. The first-order chi connectivity index (χ1) is 22.8. The van der Waals surface area contributed by atoms with Crippen LogP contribution in [0.3, 0.4) is 0 Å². The quantitative estimate of drug-likeness (QED) is 0.196. The Hall–Kier alpha value is -1.19. The summed E-state index contributed by atoms with van der Waals surface area (Å²) in [7, 11) is 1.58. The van der Waals surface area contributed by atoms with Crippen LogP contribution in [0, 0.1) is 34.5 Å². The van der Waals surface area contributed by atoms with Crippen LogP contribution in [0.4, 0.5) is 0 Å². The van der Waals surface area contributed by atoms with Gasteiger partial charge in [0, 0.05) is 25.0 Å². The zero-order valence-electron chi connectivity index (χ0n) is 28.7. The number of carbonyl (C=O) groups is 1. The Kier molecular flexibility index (Phi) is 9.61. The largest absolute Gasteiger partial charge is 0.458 e. The molecule has 0 amide bonds. The van der Waals surface area contributed by atoms with Crippen LogP contribution in [0.5, 0.6) is 0 Å². The zero-order valence-corrected chi connectivity index (χ0v) is 28.7. The Balaban J connectivity index is 0.971. The number of aliphatic hydroxyl groups is 5. The maximum atomic E-state index is 12.5. The molecule has 7 rings (SSSR count). The fraction of sp³-hybridized carbons (Fsp3) is 0.917.